The highest BCUT2D eigenvalue weighted by molar-refractivity contribution is 5.96. The summed E-state index contributed by atoms with van der Waals surface area (Å²) in [7, 11) is 0. The highest BCUT2D eigenvalue weighted by Crippen LogP contribution is 2.24. The number of nitrogens with zero attached hydrogens (tertiary/aromatic N) is 1. The van der Waals surface area contributed by atoms with E-state index in [1.54, 1.807) is 20.8 Å². The quantitative estimate of drug-likeness (QED) is 0.485. The van der Waals surface area contributed by atoms with Crippen LogP contribution in [0.4, 0.5) is 11.4 Å². The molecule has 0 saturated heterocycles. The number of carbonyl (C=O) groups is 1. The van der Waals surface area contributed by atoms with Crippen molar-refractivity contribution in [2.45, 2.75) is 26.4 Å². The monoisotopic (exact) mass is 281 g/mol. The van der Waals surface area contributed by atoms with E-state index in [9.17, 15) is 14.9 Å². The van der Waals surface area contributed by atoms with Crippen LogP contribution in [0.3, 0.4) is 0 Å². The molecule has 0 unspecified atom stereocenters. The molecule has 110 valence electrons. The minimum Gasteiger partial charge on any atom is -0.456 e. The first-order valence-electron chi connectivity index (χ1n) is 6.20. The highest BCUT2D eigenvalue weighted by atomic mass is 16.6. The number of hydrogen-bond acceptors (Lipinski definition) is 6. The van der Waals surface area contributed by atoms with Crippen LogP contribution in [0.5, 0.6) is 0 Å². The van der Waals surface area contributed by atoms with E-state index in [2.05, 4.69) is 5.32 Å². The molecule has 0 bridgehead atoms. The zero-order chi connectivity index (χ0) is 15.3. The molecule has 1 aromatic carbocycles. The summed E-state index contributed by atoms with van der Waals surface area (Å²) in [5, 5.41) is 13.7. The van der Waals surface area contributed by atoms with E-state index in [-0.39, 0.29) is 11.3 Å². The summed E-state index contributed by atoms with van der Waals surface area (Å²) in [6.45, 7) is 6.03. The van der Waals surface area contributed by atoms with Gasteiger partial charge in [0.15, 0.2) is 0 Å². The van der Waals surface area contributed by atoms with Crippen LogP contribution in [0.1, 0.15) is 31.1 Å². The second-order valence-corrected chi connectivity index (χ2v) is 5.20. The fourth-order valence-corrected chi connectivity index (χ4v) is 1.51. The molecule has 0 aromatic heterocycles. The van der Waals surface area contributed by atoms with Crippen molar-refractivity contribution in [3.05, 3.63) is 33.9 Å². The van der Waals surface area contributed by atoms with E-state index < -0.39 is 16.5 Å². The molecule has 0 aliphatic carbocycles. The molecular weight excluding hydrogens is 262 g/mol. The van der Waals surface area contributed by atoms with Gasteiger partial charge in [-0.1, -0.05) is 0 Å². The lowest BCUT2D eigenvalue weighted by atomic mass is 10.1. The van der Waals surface area contributed by atoms with Crippen LogP contribution in [-0.4, -0.2) is 29.6 Å². The van der Waals surface area contributed by atoms with Crippen LogP contribution >= 0.6 is 0 Å². The number of rotatable bonds is 5. The summed E-state index contributed by atoms with van der Waals surface area (Å²) in [5.74, 6) is -0.610. The Labute approximate surface area is 117 Å². The molecule has 20 heavy (non-hydrogen) atoms. The average Bonchev–Trinajstić information content (AvgIpc) is 2.33. The van der Waals surface area contributed by atoms with Crippen molar-refractivity contribution in [1.29, 1.82) is 0 Å². The van der Waals surface area contributed by atoms with Crippen molar-refractivity contribution in [2.24, 2.45) is 5.73 Å². The minimum absolute atomic E-state index is 0.127. The van der Waals surface area contributed by atoms with E-state index >= 15 is 0 Å². The number of carbonyl (C=O) groups excluding carboxylic acids is 1. The predicted octanol–water partition coefficient (Wildman–Crippen LogP) is 1.92. The maximum Gasteiger partial charge on any atom is 0.341 e. The van der Waals surface area contributed by atoms with E-state index in [4.69, 9.17) is 10.5 Å². The van der Waals surface area contributed by atoms with Gasteiger partial charge in [0.2, 0.25) is 0 Å². The largest absolute Gasteiger partial charge is 0.456 e. The maximum absolute atomic E-state index is 12.1. The van der Waals surface area contributed by atoms with Gasteiger partial charge in [-0.3, -0.25) is 10.1 Å². The van der Waals surface area contributed by atoms with Crippen molar-refractivity contribution in [3.63, 3.8) is 0 Å². The number of nitrogens with two attached hydrogens (primary N) is 1. The van der Waals surface area contributed by atoms with Gasteiger partial charge in [-0.15, -0.1) is 0 Å². The van der Waals surface area contributed by atoms with E-state index in [1.165, 1.54) is 18.2 Å². The van der Waals surface area contributed by atoms with Crippen molar-refractivity contribution in [3.8, 4) is 0 Å². The van der Waals surface area contributed by atoms with Gasteiger partial charge in [0.05, 0.1) is 10.5 Å². The predicted molar refractivity (Wildman–Crippen MR) is 75.8 cm³/mol. The number of nitro groups is 1. The first kappa shape index (κ1) is 15.9. The third-order valence-corrected chi connectivity index (χ3v) is 2.29. The molecule has 0 heterocycles. The Morgan fingerprint density at radius 2 is 2.10 bits per heavy atom. The van der Waals surface area contributed by atoms with Crippen LogP contribution < -0.4 is 11.1 Å². The van der Waals surface area contributed by atoms with Crippen molar-refractivity contribution in [2.75, 3.05) is 18.4 Å². The molecular formula is C13H19N3O4. The Morgan fingerprint density at radius 3 is 2.60 bits per heavy atom. The second-order valence-electron chi connectivity index (χ2n) is 5.20. The fourth-order valence-electron chi connectivity index (χ4n) is 1.51. The van der Waals surface area contributed by atoms with Crippen molar-refractivity contribution in [1.82, 2.24) is 0 Å². The van der Waals surface area contributed by atoms with Gasteiger partial charge in [-0.2, -0.15) is 0 Å². The van der Waals surface area contributed by atoms with Crippen LogP contribution in [0, 0.1) is 10.1 Å². The Hall–Kier alpha value is -2.15. The van der Waals surface area contributed by atoms with E-state index in [0.717, 1.165) is 0 Å². The molecule has 7 heteroatoms. The topological polar surface area (TPSA) is 107 Å². The van der Waals surface area contributed by atoms with Gasteiger partial charge in [-0.05, 0) is 26.8 Å². The summed E-state index contributed by atoms with van der Waals surface area (Å²) in [6.07, 6.45) is 0. The molecule has 0 atom stereocenters. The molecule has 0 spiro atoms. The van der Waals surface area contributed by atoms with Gasteiger partial charge < -0.3 is 15.8 Å². The summed E-state index contributed by atoms with van der Waals surface area (Å²) < 4.78 is 5.25. The van der Waals surface area contributed by atoms with Crippen LogP contribution in [0.25, 0.3) is 0 Å². The smallest absolute Gasteiger partial charge is 0.341 e. The molecule has 0 amide bonds. The number of hydrogen-bond donors (Lipinski definition) is 2. The van der Waals surface area contributed by atoms with Crippen molar-refractivity contribution < 1.29 is 14.5 Å². The SMILES string of the molecule is CC(C)(C)OC(=O)c1cc([N+](=O)[O-])ccc1NCCN. The van der Waals surface area contributed by atoms with Gasteiger partial charge in [0.1, 0.15) is 5.60 Å². The van der Waals surface area contributed by atoms with Crippen LogP contribution in [0.15, 0.2) is 18.2 Å². The average molecular weight is 281 g/mol. The number of non-ortho nitro benzene ring substituents is 1. The lowest BCUT2D eigenvalue weighted by Gasteiger charge is -2.20. The number of anilines is 1. The summed E-state index contributed by atoms with van der Waals surface area (Å²) >= 11 is 0. The standard InChI is InChI=1S/C13H19N3O4/c1-13(2,3)20-12(17)10-8-9(16(18)19)4-5-11(10)15-7-6-14/h4-5,8,15H,6-7,14H2,1-3H3. The molecule has 1 aromatic rings. The highest BCUT2D eigenvalue weighted by Gasteiger charge is 2.22. The van der Waals surface area contributed by atoms with Crippen LogP contribution in [0.2, 0.25) is 0 Å². The Balaban J connectivity index is 3.13. The maximum atomic E-state index is 12.1. The number of nitrogens with one attached hydrogen (secondary N) is 1. The Morgan fingerprint density at radius 1 is 1.45 bits per heavy atom. The third kappa shape index (κ3) is 4.51. The Bertz CT molecular complexity index is 509. The number of esters is 1. The first-order chi connectivity index (χ1) is 9.24. The molecule has 7 nitrogen and oxygen atoms in total. The normalized spacial score (nSPS) is 11.0. The van der Waals surface area contributed by atoms with Gasteiger partial charge in [0.25, 0.3) is 5.69 Å². The van der Waals surface area contributed by atoms with E-state index in [0.29, 0.717) is 18.8 Å². The second kappa shape index (κ2) is 6.33. The molecule has 0 fully saturated rings. The van der Waals surface area contributed by atoms with E-state index in [1.807, 2.05) is 0 Å². The van der Waals surface area contributed by atoms with Crippen LogP contribution in [-0.2, 0) is 4.74 Å². The zero-order valence-corrected chi connectivity index (χ0v) is 11.8. The molecule has 3 N–H and O–H groups in total. The summed E-state index contributed by atoms with van der Waals surface area (Å²) in [6, 6.07) is 4.01. The first-order valence-corrected chi connectivity index (χ1v) is 6.20. The molecule has 0 saturated carbocycles. The van der Waals surface area contributed by atoms with Crippen molar-refractivity contribution >= 4 is 17.3 Å². The lowest BCUT2D eigenvalue weighted by molar-refractivity contribution is -0.384. The Kier molecular flexibility index (Phi) is 5.04. The molecule has 0 radical (unpaired) electrons. The zero-order valence-electron chi connectivity index (χ0n) is 11.8. The van der Waals surface area contributed by atoms with Gasteiger partial charge in [0, 0.05) is 30.9 Å². The number of nitro benzene ring substituents is 1. The number of benzene rings is 1. The molecule has 0 aliphatic rings. The summed E-state index contributed by atoms with van der Waals surface area (Å²) in [4.78, 5) is 22.3. The minimum atomic E-state index is -0.674. The third-order valence-electron chi connectivity index (χ3n) is 2.29. The molecule has 0 aliphatic heterocycles. The van der Waals surface area contributed by atoms with Gasteiger partial charge >= 0.3 is 5.97 Å². The lowest BCUT2D eigenvalue weighted by Crippen LogP contribution is -2.25. The number of ether oxygens (including phenoxy) is 1. The summed E-state index contributed by atoms with van der Waals surface area (Å²) in [5.41, 5.74) is 5.15. The molecule has 1 rings (SSSR count). The van der Waals surface area contributed by atoms with Gasteiger partial charge in [-0.25, -0.2) is 4.79 Å². The fraction of sp³-hybridized carbons (Fsp3) is 0.462.